The minimum Gasteiger partial charge on any atom is -0.346 e. The molecule has 5 nitrogen and oxygen atoms in total. The molecule has 2 heterocycles. The molecule has 1 aliphatic carbocycles. The summed E-state index contributed by atoms with van der Waals surface area (Å²) in [7, 11) is 0. The number of halogens is 2. The Morgan fingerprint density at radius 1 is 1.14 bits per heavy atom. The molecule has 2 N–H and O–H groups in total. The summed E-state index contributed by atoms with van der Waals surface area (Å²) in [6, 6.07) is 5.57. The smallest absolute Gasteiger partial charge is 0.243 e. The number of fused-ring (bicyclic) bond motifs is 1. The van der Waals surface area contributed by atoms with Crippen LogP contribution in [0.1, 0.15) is 29.3 Å². The first-order chi connectivity index (χ1) is 13.5. The number of amides is 2. The van der Waals surface area contributed by atoms with Crippen LogP contribution in [-0.2, 0) is 16.0 Å². The molecule has 148 valence electrons. The van der Waals surface area contributed by atoms with Gasteiger partial charge in [0.25, 0.3) is 0 Å². The van der Waals surface area contributed by atoms with Crippen LogP contribution in [0.25, 0.3) is 0 Å². The lowest BCUT2D eigenvalue weighted by atomic mass is 9.96. The van der Waals surface area contributed by atoms with Gasteiger partial charge in [-0.25, -0.2) is 8.78 Å². The maximum atomic E-state index is 13.2. The molecule has 1 saturated carbocycles. The minimum absolute atomic E-state index is 0.146. The van der Waals surface area contributed by atoms with Gasteiger partial charge in [0.05, 0.1) is 13.1 Å². The zero-order valence-electron chi connectivity index (χ0n) is 15.2. The predicted molar refractivity (Wildman–Crippen MR) is 103 cm³/mol. The zero-order chi connectivity index (χ0) is 19.7. The summed E-state index contributed by atoms with van der Waals surface area (Å²) in [5.74, 6) is -2.11. The summed E-state index contributed by atoms with van der Waals surface area (Å²) < 4.78 is 26.1. The number of rotatable bonds is 6. The minimum atomic E-state index is -1.04. The molecule has 2 aliphatic rings. The average Bonchev–Trinajstić information content (AvgIpc) is 3.39. The first-order valence-electron chi connectivity index (χ1n) is 9.33. The summed E-state index contributed by atoms with van der Waals surface area (Å²) in [4.78, 5) is 27.9. The number of carbonyl (C=O) groups is 2. The lowest BCUT2D eigenvalue weighted by Crippen LogP contribution is -2.44. The van der Waals surface area contributed by atoms with Crippen molar-refractivity contribution in [3.05, 3.63) is 51.7 Å². The van der Waals surface area contributed by atoms with Crippen LogP contribution in [0.15, 0.2) is 29.6 Å². The molecule has 0 spiro atoms. The second-order valence-electron chi connectivity index (χ2n) is 7.26. The fourth-order valence-electron chi connectivity index (χ4n) is 3.74. The maximum absolute atomic E-state index is 13.2. The van der Waals surface area contributed by atoms with Gasteiger partial charge in [0, 0.05) is 29.2 Å². The lowest BCUT2D eigenvalue weighted by molar-refractivity contribution is -0.125. The second-order valence-corrected chi connectivity index (χ2v) is 8.26. The van der Waals surface area contributed by atoms with Crippen molar-refractivity contribution in [2.75, 3.05) is 25.0 Å². The van der Waals surface area contributed by atoms with Gasteiger partial charge >= 0.3 is 0 Å². The van der Waals surface area contributed by atoms with E-state index >= 15 is 0 Å². The van der Waals surface area contributed by atoms with Gasteiger partial charge in [-0.05, 0) is 54.3 Å². The monoisotopic (exact) mass is 405 g/mol. The van der Waals surface area contributed by atoms with Crippen LogP contribution in [0, 0.1) is 17.6 Å². The highest BCUT2D eigenvalue weighted by Gasteiger charge is 2.40. The standard InChI is InChI=1S/C20H21F2N3O2S/c21-15-4-3-13(9-16(15)22)24-18(26)10-23-19(27)11-25-7-5-17-14(6-8-28-17)20(25)12-1-2-12/h3-4,6,8-9,12,20H,1-2,5,7,10-11H2,(H,23,27)(H,24,26)/t20-/m1/s1. The van der Waals surface area contributed by atoms with Crippen molar-refractivity contribution in [2.24, 2.45) is 5.92 Å². The Labute approximate surface area is 165 Å². The van der Waals surface area contributed by atoms with Crippen LogP contribution in [-0.4, -0.2) is 36.3 Å². The number of hydrogen-bond acceptors (Lipinski definition) is 4. The summed E-state index contributed by atoms with van der Waals surface area (Å²) >= 11 is 1.78. The van der Waals surface area contributed by atoms with Gasteiger partial charge in [0.1, 0.15) is 0 Å². The Bertz CT molecular complexity index is 897. The predicted octanol–water partition coefficient (Wildman–Crippen LogP) is 3.09. The molecule has 1 aliphatic heterocycles. The molecule has 1 aromatic heterocycles. The van der Waals surface area contributed by atoms with Crippen molar-refractivity contribution in [3.63, 3.8) is 0 Å². The van der Waals surface area contributed by atoms with Gasteiger partial charge in [-0.15, -0.1) is 11.3 Å². The fraction of sp³-hybridized carbons (Fsp3) is 0.400. The number of nitrogens with zero attached hydrogens (tertiary/aromatic N) is 1. The van der Waals surface area contributed by atoms with Gasteiger partial charge in [-0.2, -0.15) is 0 Å². The van der Waals surface area contributed by atoms with E-state index in [-0.39, 0.29) is 30.7 Å². The largest absolute Gasteiger partial charge is 0.346 e. The van der Waals surface area contributed by atoms with E-state index in [0.29, 0.717) is 5.92 Å². The number of carbonyl (C=O) groups excluding carboxylic acids is 2. The fourth-order valence-corrected chi connectivity index (χ4v) is 4.65. The molecule has 2 amide bonds. The molecule has 1 atom stereocenters. The topological polar surface area (TPSA) is 61.4 Å². The van der Waals surface area contributed by atoms with Crippen molar-refractivity contribution in [1.29, 1.82) is 0 Å². The van der Waals surface area contributed by atoms with E-state index in [1.807, 2.05) is 0 Å². The first-order valence-corrected chi connectivity index (χ1v) is 10.2. The Hall–Kier alpha value is -2.32. The molecular formula is C20H21F2N3O2S. The molecule has 0 unspecified atom stereocenters. The molecular weight excluding hydrogens is 384 g/mol. The molecule has 0 bridgehead atoms. The van der Waals surface area contributed by atoms with Crippen LogP contribution < -0.4 is 10.6 Å². The van der Waals surface area contributed by atoms with E-state index in [4.69, 9.17) is 0 Å². The molecule has 0 radical (unpaired) electrons. The number of thiophene rings is 1. The number of nitrogens with one attached hydrogen (secondary N) is 2. The SMILES string of the molecule is O=C(CN1CCc2sccc2[C@H]1C1CC1)NCC(=O)Nc1ccc(F)c(F)c1. The van der Waals surface area contributed by atoms with Crippen molar-refractivity contribution >= 4 is 28.8 Å². The average molecular weight is 405 g/mol. The number of anilines is 1. The molecule has 0 saturated heterocycles. The molecule has 2 aromatic rings. The van der Waals surface area contributed by atoms with Gasteiger partial charge < -0.3 is 10.6 Å². The van der Waals surface area contributed by atoms with E-state index in [9.17, 15) is 18.4 Å². The lowest BCUT2D eigenvalue weighted by Gasteiger charge is -2.35. The summed E-state index contributed by atoms with van der Waals surface area (Å²) in [6.45, 7) is 0.863. The van der Waals surface area contributed by atoms with Crippen molar-refractivity contribution in [3.8, 4) is 0 Å². The summed E-state index contributed by atoms with van der Waals surface area (Å²) in [5.41, 5.74) is 1.50. The Kier molecular flexibility index (Phi) is 5.41. The summed E-state index contributed by atoms with van der Waals surface area (Å²) in [6.07, 6.45) is 3.32. The van der Waals surface area contributed by atoms with Crippen molar-refractivity contribution in [2.45, 2.75) is 25.3 Å². The summed E-state index contributed by atoms with van der Waals surface area (Å²) in [5, 5.41) is 7.18. The van der Waals surface area contributed by atoms with Crippen LogP contribution >= 0.6 is 11.3 Å². The second kappa shape index (κ2) is 7.97. The normalized spacial score (nSPS) is 19.1. The highest BCUT2D eigenvalue weighted by Crippen LogP contribution is 2.48. The highest BCUT2D eigenvalue weighted by molar-refractivity contribution is 7.10. The molecule has 1 fully saturated rings. The first kappa shape index (κ1) is 19.0. The Morgan fingerprint density at radius 2 is 1.96 bits per heavy atom. The van der Waals surface area contributed by atoms with Crippen molar-refractivity contribution in [1.82, 2.24) is 10.2 Å². The van der Waals surface area contributed by atoms with Crippen LogP contribution in [0.3, 0.4) is 0 Å². The van der Waals surface area contributed by atoms with Crippen LogP contribution in [0.4, 0.5) is 14.5 Å². The molecule has 8 heteroatoms. The van der Waals surface area contributed by atoms with E-state index in [0.717, 1.165) is 25.1 Å². The Morgan fingerprint density at radius 3 is 2.71 bits per heavy atom. The van der Waals surface area contributed by atoms with E-state index < -0.39 is 17.5 Å². The quantitative estimate of drug-likeness (QED) is 0.777. The number of hydrogen-bond donors (Lipinski definition) is 2. The Balaban J connectivity index is 1.29. The third-order valence-electron chi connectivity index (χ3n) is 5.18. The van der Waals surface area contributed by atoms with Gasteiger partial charge in [-0.1, -0.05) is 0 Å². The van der Waals surface area contributed by atoms with E-state index in [1.54, 1.807) is 11.3 Å². The van der Waals surface area contributed by atoms with Gasteiger partial charge in [0.2, 0.25) is 11.8 Å². The third kappa shape index (κ3) is 4.23. The third-order valence-corrected chi connectivity index (χ3v) is 6.18. The van der Waals surface area contributed by atoms with E-state index in [1.165, 1.54) is 29.3 Å². The van der Waals surface area contributed by atoms with Gasteiger partial charge in [0.15, 0.2) is 11.6 Å². The molecule has 4 rings (SSSR count). The maximum Gasteiger partial charge on any atom is 0.243 e. The zero-order valence-corrected chi connectivity index (χ0v) is 16.0. The van der Waals surface area contributed by atoms with Crippen LogP contribution in [0.5, 0.6) is 0 Å². The van der Waals surface area contributed by atoms with Gasteiger partial charge in [-0.3, -0.25) is 14.5 Å². The van der Waals surface area contributed by atoms with E-state index in [2.05, 4.69) is 27.0 Å². The molecule has 28 heavy (non-hydrogen) atoms. The number of benzene rings is 1. The highest BCUT2D eigenvalue weighted by atomic mass is 32.1. The molecule has 1 aromatic carbocycles. The van der Waals surface area contributed by atoms with Crippen LogP contribution in [0.2, 0.25) is 0 Å². The van der Waals surface area contributed by atoms with Crippen molar-refractivity contribution < 1.29 is 18.4 Å².